The highest BCUT2D eigenvalue weighted by atomic mass is 16.3. The number of allylic oxidation sites excluding steroid dienone is 1. The molecule has 2 aliphatic carbocycles. The lowest BCUT2D eigenvalue weighted by Gasteiger charge is -2.15. The number of aliphatic hydroxyl groups is 1. The molecule has 94 valence electrons. The number of fused-ring (bicyclic) bond motifs is 5. The third-order valence-corrected chi connectivity index (χ3v) is 4.26. The van der Waals surface area contributed by atoms with Gasteiger partial charge in [-0.05, 0) is 46.4 Å². The van der Waals surface area contributed by atoms with Crippen LogP contribution in [0.15, 0.2) is 30.3 Å². The second-order valence-corrected chi connectivity index (χ2v) is 5.39. The molecule has 2 aliphatic rings. The minimum absolute atomic E-state index is 0.544. The SMILES string of the molecule is OC1=c2c(ccc3c4c(ccc23)CCC=C4)=CCC1. The number of aryl methyl sites for hydroxylation is 1. The Labute approximate surface area is 112 Å². The van der Waals surface area contributed by atoms with E-state index in [0.29, 0.717) is 5.76 Å². The Morgan fingerprint density at radius 1 is 0.895 bits per heavy atom. The van der Waals surface area contributed by atoms with Gasteiger partial charge in [-0.3, -0.25) is 0 Å². The van der Waals surface area contributed by atoms with Gasteiger partial charge in [-0.15, -0.1) is 0 Å². The summed E-state index contributed by atoms with van der Waals surface area (Å²) in [7, 11) is 0. The van der Waals surface area contributed by atoms with Crippen molar-refractivity contribution < 1.29 is 5.11 Å². The van der Waals surface area contributed by atoms with Gasteiger partial charge >= 0.3 is 0 Å². The second kappa shape index (κ2) is 3.99. The Hall–Kier alpha value is -2.02. The first-order valence-electron chi connectivity index (χ1n) is 6.98. The van der Waals surface area contributed by atoms with E-state index in [1.807, 2.05) is 0 Å². The van der Waals surface area contributed by atoms with E-state index >= 15 is 0 Å². The fourth-order valence-corrected chi connectivity index (χ4v) is 3.33. The lowest BCUT2D eigenvalue weighted by Crippen LogP contribution is -2.30. The molecule has 0 unspecified atom stereocenters. The molecule has 4 rings (SSSR count). The van der Waals surface area contributed by atoms with Crippen LogP contribution in [0.2, 0.25) is 0 Å². The van der Waals surface area contributed by atoms with E-state index in [2.05, 4.69) is 42.5 Å². The molecule has 0 amide bonds. The fourth-order valence-electron chi connectivity index (χ4n) is 3.33. The zero-order valence-electron chi connectivity index (χ0n) is 10.8. The smallest absolute Gasteiger partial charge is 0.101 e. The predicted octanol–water partition coefficient (Wildman–Crippen LogP) is 3.04. The average Bonchev–Trinajstić information content (AvgIpc) is 2.46. The quantitative estimate of drug-likeness (QED) is 0.759. The molecular weight excluding hydrogens is 232 g/mol. The molecule has 2 aromatic rings. The summed E-state index contributed by atoms with van der Waals surface area (Å²) >= 11 is 0. The highest BCUT2D eigenvalue weighted by molar-refractivity contribution is 5.93. The van der Waals surface area contributed by atoms with Gasteiger partial charge in [0.1, 0.15) is 5.76 Å². The van der Waals surface area contributed by atoms with E-state index in [0.717, 1.165) is 30.9 Å². The van der Waals surface area contributed by atoms with E-state index in [-0.39, 0.29) is 0 Å². The molecule has 0 spiro atoms. The monoisotopic (exact) mass is 248 g/mol. The molecule has 0 radical (unpaired) electrons. The van der Waals surface area contributed by atoms with E-state index in [9.17, 15) is 5.11 Å². The zero-order valence-corrected chi connectivity index (χ0v) is 10.8. The van der Waals surface area contributed by atoms with Crippen LogP contribution in [0.1, 0.15) is 30.4 Å². The third-order valence-electron chi connectivity index (χ3n) is 4.26. The Kier molecular flexibility index (Phi) is 2.28. The van der Waals surface area contributed by atoms with E-state index in [1.54, 1.807) is 0 Å². The first-order chi connectivity index (χ1) is 9.34. The fraction of sp³-hybridized carbons (Fsp3) is 0.222. The van der Waals surface area contributed by atoms with Crippen LogP contribution in [-0.2, 0) is 6.42 Å². The van der Waals surface area contributed by atoms with Crippen LogP contribution in [0.5, 0.6) is 0 Å². The summed E-state index contributed by atoms with van der Waals surface area (Å²) in [5, 5.41) is 14.9. The van der Waals surface area contributed by atoms with Gasteiger partial charge in [0, 0.05) is 11.6 Å². The van der Waals surface area contributed by atoms with Gasteiger partial charge in [0.25, 0.3) is 0 Å². The normalized spacial score (nSPS) is 16.9. The zero-order chi connectivity index (χ0) is 12.8. The summed E-state index contributed by atoms with van der Waals surface area (Å²) in [5.74, 6) is 0.544. The van der Waals surface area contributed by atoms with Crippen LogP contribution in [0.25, 0.3) is 28.7 Å². The van der Waals surface area contributed by atoms with Crippen molar-refractivity contribution in [2.24, 2.45) is 0 Å². The van der Waals surface area contributed by atoms with Gasteiger partial charge in [0.05, 0.1) is 0 Å². The molecule has 0 bridgehead atoms. The van der Waals surface area contributed by atoms with Crippen molar-refractivity contribution in [3.63, 3.8) is 0 Å². The maximum atomic E-state index is 10.2. The molecule has 0 saturated heterocycles. The van der Waals surface area contributed by atoms with Crippen LogP contribution in [-0.4, -0.2) is 5.11 Å². The molecule has 19 heavy (non-hydrogen) atoms. The number of rotatable bonds is 0. The maximum absolute atomic E-state index is 10.2. The second-order valence-electron chi connectivity index (χ2n) is 5.39. The molecular formula is C18H16O. The van der Waals surface area contributed by atoms with Gasteiger partial charge in [-0.25, -0.2) is 0 Å². The predicted molar refractivity (Wildman–Crippen MR) is 80.3 cm³/mol. The lowest BCUT2D eigenvalue weighted by atomic mass is 9.90. The number of hydrogen-bond donors (Lipinski definition) is 1. The summed E-state index contributed by atoms with van der Waals surface area (Å²) in [6.45, 7) is 0. The Bertz CT molecular complexity index is 825. The summed E-state index contributed by atoms with van der Waals surface area (Å²) in [4.78, 5) is 0. The molecule has 0 fully saturated rings. The minimum atomic E-state index is 0.544. The van der Waals surface area contributed by atoms with Crippen LogP contribution < -0.4 is 10.4 Å². The van der Waals surface area contributed by atoms with Crippen molar-refractivity contribution in [3.8, 4) is 0 Å². The largest absolute Gasteiger partial charge is 0.512 e. The maximum Gasteiger partial charge on any atom is 0.101 e. The third kappa shape index (κ3) is 1.54. The summed E-state index contributed by atoms with van der Waals surface area (Å²) in [5.41, 5.74) is 2.76. The van der Waals surface area contributed by atoms with E-state index in [1.165, 1.54) is 27.1 Å². The average molecular weight is 248 g/mol. The van der Waals surface area contributed by atoms with E-state index < -0.39 is 0 Å². The molecule has 0 atom stereocenters. The number of benzene rings is 2. The highest BCUT2D eigenvalue weighted by Crippen LogP contribution is 2.26. The Balaban J connectivity index is 2.23. The highest BCUT2D eigenvalue weighted by Gasteiger charge is 2.11. The summed E-state index contributed by atoms with van der Waals surface area (Å²) < 4.78 is 0. The molecule has 0 saturated carbocycles. The molecule has 1 nitrogen and oxygen atoms in total. The Morgan fingerprint density at radius 2 is 1.79 bits per heavy atom. The van der Waals surface area contributed by atoms with Crippen molar-refractivity contribution in [1.82, 2.24) is 0 Å². The molecule has 1 heteroatoms. The van der Waals surface area contributed by atoms with Crippen molar-refractivity contribution in [3.05, 3.63) is 51.9 Å². The molecule has 0 aromatic heterocycles. The topological polar surface area (TPSA) is 20.2 Å². The van der Waals surface area contributed by atoms with Crippen LogP contribution >= 0.6 is 0 Å². The summed E-state index contributed by atoms with van der Waals surface area (Å²) in [6, 6.07) is 8.76. The standard InChI is InChI=1S/C18H16O/c19-17-7-3-5-13-9-10-15-14-6-2-1-4-12(14)8-11-16(15)18(13)17/h2,5-6,8-11,19H,1,3-4,7H2. The molecule has 2 aromatic carbocycles. The van der Waals surface area contributed by atoms with Crippen LogP contribution in [0, 0.1) is 0 Å². The first-order valence-corrected chi connectivity index (χ1v) is 6.98. The van der Waals surface area contributed by atoms with E-state index in [4.69, 9.17) is 0 Å². The van der Waals surface area contributed by atoms with Gasteiger partial charge in [-0.1, -0.05) is 42.5 Å². The van der Waals surface area contributed by atoms with Gasteiger partial charge in [0.2, 0.25) is 0 Å². The van der Waals surface area contributed by atoms with Gasteiger partial charge in [0.15, 0.2) is 0 Å². The molecule has 1 N–H and O–H groups in total. The number of aliphatic hydroxyl groups excluding tert-OH is 1. The van der Waals surface area contributed by atoms with Crippen molar-refractivity contribution in [2.75, 3.05) is 0 Å². The summed E-state index contributed by atoms with van der Waals surface area (Å²) in [6.07, 6.45) is 10.7. The van der Waals surface area contributed by atoms with Crippen LogP contribution in [0.4, 0.5) is 0 Å². The minimum Gasteiger partial charge on any atom is -0.512 e. The Morgan fingerprint density at radius 3 is 2.74 bits per heavy atom. The van der Waals surface area contributed by atoms with Crippen molar-refractivity contribution >= 4 is 28.7 Å². The molecule has 0 aliphatic heterocycles. The first kappa shape index (κ1) is 10.9. The van der Waals surface area contributed by atoms with Crippen LogP contribution in [0.3, 0.4) is 0 Å². The van der Waals surface area contributed by atoms with Gasteiger partial charge < -0.3 is 5.11 Å². The lowest BCUT2D eigenvalue weighted by molar-refractivity contribution is 0.478. The number of hydrogen-bond acceptors (Lipinski definition) is 1. The van der Waals surface area contributed by atoms with Gasteiger partial charge in [-0.2, -0.15) is 0 Å². The van der Waals surface area contributed by atoms with Crippen molar-refractivity contribution in [1.29, 1.82) is 0 Å². The molecule has 0 heterocycles. The van der Waals surface area contributed by atoms with Crippen molar-refractivity contribution in [2.45, 2.75) is 25.7 Å².